The summed E-state index contributed by atoms with van der Waals surface area (Å²) in [5, 5.41) is 7.07. The lowest BCUT2D eigenvalue weighted by Gasteiger charge is -2.31. The van der Waals surface area contributed by atoms with E-state index in [1.165, 1.54) is 0 Å². The zero-order valence-electron chi connectivity index (χ0n) is 11.3. The van der Waals surface area contributed by atoms with Crippen LogP contribution in [0.4, 0.5) is 0 Å². The third kappa shape index (κ3) is 2.46. The van der Waals surface area contributed by atoms with Crippen molar-refractivity contribution in [2.75, 3.05) is 20.1 Å². The summed E-state index contributed by atoms with van der Waals surface area (Å²) in [6.45, 7) is 1.47. The van der Waals surface area contributed by atoms with Crippen LogP contribution in [0.3, 0.4) is 0 Å². The molecule has 0 aliphatic carbocycles. The van der Waals surface area contributed by atoms with Gasteiger partial charge in [0, 0.05) is 25.2 Å². The molecule has 3 rings (SSSR count). The fourth-order valence-corrected chi connectivity index (χ4v) is 2.47. The number of likely N-dealkylation sites (N-methyl/N-ethyl adjacent to an activating group) is 1. The van der Waals surface area contributed by atoms with Crippen LogP contribution < -0.4 is 5.32 Å². The number of likely N-dealkylation sites (tertiary alicyclic amines) is 1. The lowest BCUT2D eigenvalue weighted by molar-refractivity contribution is 0.0688. The number of carbonyl (C=O) groups excluding carboxylic acids is 1. The predicted molar refractivity (Wildman–Crippen MR) is 72.2 cm³/mol. The average Bonchev–Trinajstić information content (AvgIpc) is 3.17. The van der Waals surface area contributed by atoms with Crippen molar-refractivity contribution >= 4 is 5.91 Å². The Morgan fingerprint density at radius 3 is 3.15 bits per heavy atom. The Kier molecular flexibility index (Phi) is 3.56. The minimum absolute atomic E-state index is 0.0912. The van der Waals surface area contributed by atoms with Crippen LogP contribution in [-0.2, 0) is 0 Å². The lowest BCUT2D eigenvalue weighted by atomic mass is 10.1. The summed E-state index contributed by atoms with van der Waals surface area (Å²) in [4.78, 5) is 14.2. The normalized spacial score (nSPS) is 19.2. The molecule has 1 atom stereocenters. The van der Waals surface area contributed by atoms with Crippen molar-refractivity contribution < 1.29 is 13.7 Å². The summed E-state index contributed by atoms with van der Waals surface area (Å²) in [5.74, 6) is 0.954. The van der Waals surface area contributed by atoms with Gasteiger partial charge in [0.05, 0.1) is 6.26 Å². The minimum Gasteiger partial charge on any atom is -0.461 e. The highest BCUT2D eigenvalue weighted by atomic mass is 16.5. The molecule has 1 aliphatic rings. The van der Waals surface area contributed by atoms with Crippen LogP contribution in [0, 0.1) is 0 Å². The maximum Gasteiger partial charge on any atom is 0.276 e. The van der Waals surface area contributed by atoms with Crippen LogP contribution in [0.15, 0.2) is 33.4 Å². The summed E-state index contributed by atoms with van der Waals surface area (Å²) < 4.78 is 10.4. The van der Waals surface area contributed by atoms with E-state index >= 15 is 0 Å². The molecule has 1 N–H and O–H groups in total. The van der Waals surface area contributed by atoms with Crippen molar-refractivity contribution in [2.45, 2.75) is 18.9 Å². The highest BCUT2D eigenvalue weighted by molar-refractivity contribution is 5.93. The Balaban J connectivity index is 1.74. The number of carbonyl (C=O) groups is 1. The first-order chi connectivity index (χ1) is 9.78. The van der Waals surface area contributed by atoms with Gasteiger partial charge in [-0.2, -0.15) is 0 Å². The number of furan rings is 1. The summed E-state index contributed by atoms with van der Waals surface area (Å²) in [6.07, 6.45) is 3.65. The quantitative estimate of drug-likeness (QED) is 0.924. The van der Waals surface area contributed by atoms with Crippen LogP contribution in [0.25, 0.3) is 11.5 Å². The number of nitrogens with one attached hydrogen (secondary N) is 1. The fourth-order valence-electron chi connectivity index (χ4n) is 2.47. The van der Waals surface area contributed by atoms with Gasteiger partial charge >= 0.3 is 0 Å². The molecule has 106 valence electrons. The minimum atomic E-state index is -0.0912. The van der Waals surface area contributed by atoms with E-state index in [0.717, 1.165) is 19.4 Å². The van der Waals surface area contributed by atoms with Crippen LogP contribution in [-0.4, -0.2) is 42.1 Å². The number of hydrogen-bond acceptors (Lipinski definition) is 5. The molecule has 1 amide bonds. The van der Waals surface area contributed by atoms with Crippen molar-refractivity contribution in [3.8, 4) is 11.5 Å². The van der Waals surface area contributed by atoms with Crippen molar-refractivity contribution in [1.29, 1.82) is 0 Å². The molecule has 0 saturated carbocycles. The van der Waals surface area contributed by atoms with Gasteiger partial charge in [-0.25, -0.2) is 0 Å². The lowest BCUT2D eigenvalue weighted by Crippen LogP contribution is -2.47. The Labute approximate surface area is 116 Å². The third-order valence-electron chi connectivity index (χ3n) is 3.61. The Bertz CT molecular complexity index is 576. The van der Waals surface area contributed by atoms with Gasteiger partial charge in [-0.1, -0.05) is 5.16 Å². The van der Waals surface area contributed by atoms with E-state index in [2.05, 4.69) is 10.5 Å². The molecule has 6 nitrogen and oxygen atoms in total. The van der Waals surface area contributed by atoms with Gasteiger partial charge in [0.25, 0.3) is 5.91 Å². The van der Waals surface area contributed by atoms with Gasteiger partial charge < -0.3 is 19.2 Å². The van der Waals surface area contributed by atoms with E-state index in [4.69, 9.17) is 8.94 Å². The molecule has 0 spiro atoms. The number of nitrogens with zero attached hydrogens (tertiary/aromatic N) is 2. The van der Waals surface area contributed by atoms with Crippen LogP contribution in [0.2, 0.25) is 0 Å². The van der Waals surface area contributed by atoms with Gasteiger partial charge in [-0.05, 0) is 32.0 Å². The van der Waals surface area contributed by atoms with E-state index in [1.807, 2.05) is 11.9 Å². The van der Waals surface area contributed by atoms with E-state index in [9.17, 15) is 4.79 Å². The van der Waals surface area contributed by atoms with Gasteiger partial charge in [0.15, 0.2) is 11.5 Å². The Morgan fingerprint density at radius 2 is 2.40 bits per heavy atom. The monoisotopic (exact) mass is 275 g/mol. The molecule has 1 aliphatic heterocycles. The first-order valence-corrected chi connectivity index (χ1v) is 6.75. The number of rotatable bonds is 3. The Morgan fingerprint density at radius 1 is 1.50 bits per heavy atom. The third-order valence-corrected chi connectivity index (χ3v) is 3.61. The molecule has 2 aromatic heterocycles. The number of piperidine rings is 1. The van der Waals surface area contributed by atoms with Crippen molar-refractivity contribution in [2.24, 2.45) is 0 Å². The SMILES string of the molecule is CNC1CCCN(C(=O)c2cc(-c3ccco3)on2)C1. The summed E-state index contributed by atoms with van der Waals surface area (Å²) in [6, 6.07) is 5.52. The summed E-state index contributed by atoms with van der Waals surface area (Å²) in [5.41, 5.74) is 0.327. The topological polar surface area (TPSA) is 71.5 Å². The highest BCUT2D eigenvalue weighted by Crippen LogP contribution is 2.22. The molecular formula is C14H17N3O3. The molecule has 20 heavy (non-hydrogen) atoms. The van der Waals surface area contributed by atoms with E-state index in [1.54, 1.807) is 24.5 Å². The van der Waals surface area contributed by atoms with Gasteiger partial charge in [0.1, 0.15) is 0 Å². The second-order valence-corrected chi connectivity index (χ2v) is 4.93. The molecule has 1 fully saturated rings. The standard InChI is InChI=1S/C14H17N3O3/c1-15-10-4-2-6-17(9-10)14(18)11-8-13(20-16-11)12-5-3-7-19-12/h3,5,7-8,10,15H,2,4,6,9H2,1H3. The Hall–Kier alpha value is -2.08. The molecule has 3 heterocycles. The molecule has 1 unspecified atom stereocenters. The smallest absolute Gasteiger partial charge is 0.276 e. The van der Waals surface area contributed by atoms with E-state index < -0.39 is 0 Å². The molecule has 0 aromatic carbocycles. The van der Waals surface area contributed by atoms with Gasteiger partial charge in [-0.3, -0.25) is 4.79 Å². The zero-order valence-corrected chi connectivity index (χ0v) is 11.3. The highest BCUT2D eigenvalue weighted by Gasteiger charge is 2.26. The van der Waals surface area contributed by atoms with Crippen LogP contribution in [0.5, 0.6) is 0 Å². The summed E-state index contributed by atoms with van der Waals surface area (Å²) in [7, 11) is 1.92. The zero-order chi connectivity index (χ0) is 13.9. The molecule has 1 saturated heterocycles. The summed E-state index contributed by atoms with van der Waals surface area (Å²) >= 11 is 0. The number of hydrogen-bond donors (Lipinski definition) is 1. The average molecular weight is 275 g/mol. The first kappa shape index (κ1) is 12.9. The van der Waals surface area contributed by atoms with E-state index in [0.29, 0.717) is 29.8 Å². The molecular weight excluding hydrogens is 258 g/mol. The van der Waals surface area contributed by atoms with Gasteiger partial charge in [0.2, 0.25) is 5.76 Å². The van der Waals surface area contributed by atoms with Gasteiger partial charge in [-0.15, -0.1) is 0 Å². The van der Waals surface area contributed by atoms with E-state index in [-0.39, 0.29) is 5.91 Å². The van der Waals surface area contributed by atoms with Crippen LogP contribution in [0.1, 0.15) is 23.3 Å². The molecule has 0 radical (unpaired) electrons. The maximum absolute atomic E-state index is 12.4. The van der Waals surface area contributed by atoms with Crippen molar-refractivity contribution in [3.63, 3.8) is 0 Å². The maximum atomic E-state index is 12.4. The fraction of sp³-hybridized carbons (Fsp3) is 0.429. The van der Waals surface area contributed by atoms with Crippen LogP contribution >= 0.6 is 0 Å². The number of aromatic nitrogens is 1. The largest absolute Gasteiger partial charge is 0.461 e. The van der Waals surface area contributed by atoms with Crippen molar-refractivity contribution in [1.82, 2.24) is 15.4 Å². The second kappa shape index (κ2) is 5.50. The number of amides is 1. The van der Waals surface area contributed by atoms with Crippen molar-refractivity contribution in [3.05, 3.63) is 30.2 Å². The molecule has 0 bridgehead atoms. The second-order valence-electron chi connectivity index (χ2n) is 4.93. The molecule has 6 heteroatoms. The molecule has 2 aromatic rings. The predicted octanol–water partition coefficient (Wildman–Crippen LogP) is 1.76. The first-order valence-electron chi connectivity index (χ1n) is 6.75.